The monoisotopic (exact) mass is 340 g/mol. The molecule has 1 N–H and O–H groups in total. The van der Waals surface area contributed by atoms with Gasteiger partial charge in [0.1, 0.15) is 12.3 Å². The molecule has 0 radical (unpaired) electrons. The van der Waals surface area contributed by atoms with Gasteiger partial charge < -0.3 is 4.74 Å². The van der Waals surface area contributed by atoms with Crippen molar-refractivity contribution in [3.63, 3.8) is 0 Å². The van der Waals surface area contributed by atoms with E-state index in [0.717, 1.165) is 28.3 Å². The molecule has 0 unspecified atom stereocenters. The first-order valence-corrected chi connectivity index (χ1v) is 7.04. The fourth-order valence-electron chi connectivity index (χ4n) is 1.78. The van der Waals surface area contributed by atoms with Gasteiger partial charge in [0, 0.05) is 6.20 Å². The number of nitrogens with zero attached hydrogens (tertiary/aromatic N) is 3. The molecule has 1 heterocycles. The van der Waals surface area contributed by atoms with E-state index >= 15 is 0 Å². The Bertz CT molecular complexity index is 708. The lowest BCUT2D eigenvalue weighted by Gasteiger charge is -2.03. The zero-order chi connectivity index (χ0) is 17.6. The van der Waals surface area contributed by atoms with Crippen LogP contribution >= 0.6 is 0 Å². The van der Waals surface area contributed by atoms with Crippen LogP contribution in [0.3, 0.4) is 0 Å². The van der Waals surface area contributed by atoms with Crippen molar-refractivity contribution in [2.75, 3.05) is 6.61 Å². The number of carbonyl (C=O) groups is 1. The smallest absolute Gasteiger partial charge is 0.435 e. The summed E-state index contributed by atoms with van der Waals surface area (Å²) in [6.07, 6.45) is -2.04. The largest absolute Gasteiger partial charge is 0.494 e. The molecule has 6 nitrogen and oxygen atoms in total. The summed E-state index contributed by atoms with van der Waals surface area (Å²) < 4.78 is 43.4. The molecular formula is C15H15F3N4O2. The summed E-state index contributed by atoms with van der Waals surface area (Å²) in [7, 11) is 0. The van der Waals surface area contributed by atoms with Crippen LogP contribution in [0.2, 0.25) is 0 Å². The Hall–Kier alpha value is -2.84. The second-order valence-corrected chi connectivity index (χ2v) is 4.69. The molecule has 2 rings (SSSR count). The molecule has 0 saturated carbocycles. The van der Waals surface area contributed by atoms with Crippen molar-refractivity contribution in [2.45, 2.75) is 19.6 Å². The van der Waals surface area contributed by atoms with Gasteiger partial charge in [0.05, 0.1) is 12.8 Å². The first kappa shape index (κ1) is 17.5. The summed E-state index contributed by atoms with van der Waals surface area (Å²) in [6, 6.07) is 7.83. The maximum atomic E-state index is 12.4. The first-order valence-electron chi connectivity index (χ1n) is 7.04. The van der Waals surface area contributed by atoms with E-state index in [1.54, 1.807) is 24.3 Å². The molecule has 24 heavy (non-hydrogen) atoms. The second-order valence-electron chi connectivity index (χ2n) is 4.69. The molecule has 0 spiro atoms. The van der Waals surface area contributed by atoms with Crippen LogP contribution in [0.4, 0.5) is 13.2 Å². The number of hydrazone groups is 1. The summed E-state index contributed by atoms with van der Waals surface area (Å²) >= 11 is 0. The fraction of sp³-hybridized carbons (Fsp3) is 0.267. The van der Waals surface area contributed by atoms with Crippen LogP contribution in [-0.2, 0) is 17.5 Å². The Morgan fingerprint density at radius 2 is 2.04 bits per heavy atom. The molecule has 0 saturated heterocycles. The fourth-order valence-corrected chi connectivity index (χ4v) is 1.78. The predicted octanol–water partition coefficient (Wildman–Crippen LogP) is 2.45. The lowest BCUT2D eigenvalue weighted by atomic mass is 10.2. The zero-order valence-electron chi connectivity index (χ0n) is 12.7. The van der Waals surface area contributed by atoms with Gasteiger partial charge in [-0.25, -0.2) is 5.43 Å². The van der Waals surface area contributed by atoms with Gasteiger partial charge in [-0.2, -0.15) is 23.4 Å². The van der Waals surface area contributed by atoms with Crippen LogP contribution in [0.5, 0.6) is 5.75 Å². The molecule has 2 aromatic rings. The number of hydrogen-bond donors (Lipinski definition) is 1. The number of ether oxygens (including phenoxy) is 1. The van der Waals surface area contributed by atoms with Crippen molar-refractivity contribution >= 4 is 12.1 Å². The topological polar surface area (TPSA) is 68.5 Å². The van der Waals surface area contributed by atoms with E-state index in [-0.39, 0.29) is 6.54 Å². The van der Waals surface area contributed by atoms with Gasteiger partial charge in [0.2, 0.25) is 0 Å². The lowest BCUT2D eigenvalue weighted by molar-refractivity contribution is -0.141. The van der Waals surface area contributed by atoms with Crippen molar-refractivity contribution in [1.29, 1.82) is 0 Å². The maximum absolute atomic E-state index is 12.4. The van der Waals surface area contributed by atoms with E-state index in [1.165, 1.54) is 6.21 Å². The Kier molecular flexibility index (Phi) is 5.56. The van der Waals surface area contributed by atoms with Gasteiger partial charge in [-0.05, 0) is 42.8 Å². The summed E-state index contributed by atoms with van der Waals surface area (Å²) in [4.78, 5) is 11.6. The number of nitrogens with one attached hydrogen (secondary N) is 1. The van der Waals surface area contributed by atoms with Crippen molar-refractivity contribution in [3.05, 3.63) is 47.8 Å². The molecule has 0 bridgehead atoms. The van der Waals surface area contributed by atoms with Crippen molar-refractivity contribution < 1.29 is 22.7 Å². The predicted molar refractivity (Wildman–Crippen MR) is 80.6 cm³/mol. The quantitative estimate of drug-likeness (QED) is 0.649. The Labute approximate surface area is 135 Å². The average Bonchev–Trinajstić information content (AvgIpc) is 2.98. The molecule has 1 aromatic carbocycles. The second kappa shape index (κ2) is 7.62. The van der Waals surface area contributed by atoms with Gasteiger partial charge >= 0.3 is 6.18 Å². The third-order valence-electron chi connectivity index (χ3n) is 2.83. The highest BCUT2D eigenvalue weighted by Crippen LogP contribution is 2.27. The molecule has 1 amide bonds. The average molecular weight is 340 g/mol. The standard InChI is InChI=1S/C15H15F3N4O2/c1-2-24-12-5-3-11(4-6-12)9-19-20-14(23)10-22-8-7-13(21-22)15(16,17)18/h3-9H,2,10H2,1H3,(H,20,23)/b19-9-. The summed E-state index contributed by atoms with van der Waals surface area (Å²) in [5, 5.41) is 7.02. The van der Waals surface area contributed by atoms with E-state index in [1.807, 2.05) is 6.92 Å². The van der Waals surface area contributed by atoms with Crippen LogP contribution in [0.15, 0.2) is 41.6 Å². The zero-order valence-corrected chi connectivity index (χ0v) is 12.7. The van der Waals surface area contributed by atoms with E-state index in [9.17, 15) is 18.0 Å². The van der Waals surface area contributed by atoms with E-state index < -0.39 is 17.8 Å². The molecule has 128 valence electrons. The first-order chi connectivity index (χ1) is 11.4. The molecule has 0 atom stereocenters. The van der Waals surface area contributed by atoms with Crippen LogP contribution < -0.4 is 10.2 Å². The van der Waals surface area contributed by atoms with Gasteiger partial charge in [-0.3, -0.25) is 9.48 Å². The number of rotatable bonds is 6. The van der Waals surface area contributed by atoms with Gasteiger partial charge in [-0.15, -0.1) is 0 Å². The lowest BCUT2D eigenvalue weighted by Crippen LogP contribution is -2.23. The number of alkyl halides is 3. The molecule has 0 aliphatic carbocycles. The minimum Gasteiger partial charge on any atom is -0.494 e. The van der Waals surface area contributed by atoms with E-state index in [4.69, 9.17) is 4.74 Å². The highest BCUT2D eigenvalue weighted by Gasteiger charge is 2.33. The maximum Gasteiger partial charge on any atom is 0.435 e. The minimum absolute atomic E-state index is 0.364. The minimum atomic E-state index is -4.53. The summed E-state index contributed by atoms with van der Waals surface area (Å²) in [5.74, 6) is 0.131. The van der Waals surface area contributed by atoms with Crippen molar-refractivity contribution in [3.8, 4) is 5.75 Å². The Balaban J connectivity index is 1.85. The number of benzene rings is 1. The molecule has 1 aromatic heterocycles. The number of hydrogen-bond acceptors (Lipinski definition) is 4. The molecular weight excluding hydrogens is 325 g/mol. The Morgan fingerprint density at radius 3 is 2.62 bits per heavy atom. The molecule has 0 fully saturated rings. The highest BCUT2D eigenvalue weighted by molar-refractivity contribution is 5.82. The highest BCUT2D eigenvalue weighted by atomic mass is 19.4. The molecule has 0 aliphatic rings. The van der Waals surface area contributed by atoms with Crippen LogP contribution in [0, 0.1) is 0 Å². The molecule has 9 heteroatoms. The number of amides is 1. The summed E-state index contributed by atoms with van der Waals surface area (Å²) in [6.45, 7) is 2.08. The third-order valence-corrected chi connectivity index (χ3v) is 2.83. The van der Waals surface area contributed by atoms with Gasteiger partial charge in [0.25, 0.3) is 5.91 Å². The van der Waals surface area contributed by atoms with Crippen LogP contribution in [-0.4, -0.2) is 28.5 Å². The SMILES string of the molecule is CCOc1ccc(/C=N\NC(=O)Cn2ccc(C(F)(F)F)n2)cc1. The summed E-state index contributed by atoms with van der Waals surface area (Å²) in [5.41, 5.74) is 1.91. The molecule has 0 aliphatic heterocycles. The number of aromatic nitrogens is 2. The van der Waals surface area contributed by atoms with Crippen molar-refractivity contribution in [2.24, 2.45) is 5.10 Å². The third kappa shape index (κ3) is 5.11. The normalized spacial score (nSPS) is 11.7. The Morgan fingerprint density at radius 1 is 1.33 bits per heavy atom. The van der Waals surface area contributed by atoms with E-state index in [2.05, 4.69) is 15.6 Å². The van der Waals surface area contributed by atoms with Crippen molar-refractivity contribution in [1.82, 2.24) is 15.2 Å². The van der Waals surface area contributed by atoms with Crippen LogP contribution in [0.1, 0.15) is 18.2 Å². The number of halogens is 3. The number of carbonyl (C=O) groups excluding carboxylic acids is 1. The van der Waals surface area contributed by atoms with Gasteiger partial charge in [0.15, 0.2) is 5.69 Å². The van der Waals surface area contributed by atoms with Crippen LogP contribution in [0.25, 0.3) is 0 Å². The van der Waals surface area contributed by atoms with Gasteiger partial charge in [-0.1, -0.05) is 0 Å². The van der Waals surface area contributed by atoms with E-state index in [0.29, 0.717) is 6.61 Å².